The van der Waals surface area contributed by atoms with Crippen molar-refractivity contribution in [3.05, 3.63) is 28.2 Å². The zero-order chi connectivity index (χ0) is 6.85. The summed E-state index contributed by atoms with van der Waals surface area (Å²) in [6.45, 7) is 0. The molecule has 0 saturated heterocycles. The maximum atomic E-state index is 10.7. The van der Waals surface area contributed by atoms with Crippen molar-refractivity contribution in [1.29, 1.82) is 0 Å². The first-order chi connectivity index (χ1) is 4.22. The lowest BCUT2D eigenvalue weighted by molar-refractivity contribution is 0.355. The Morgan fingerprint density at radius 1 is 1.11 bits per heavy atom. The standard InChI is InChI=1S/C6H3Cl2O/c7-4-2-1-3-5(8)6(4)9/h1-3H. The average Bonchev–Trinajstić information content (AvgIpc) is 1.83. The molecule has 0 heterocycles. The molecule has 0 bridgehead atoms. The second-order valence-electron chi connectivity index (χ2n) is 1.55. The van der Waals surface area contributed by atoms with E-state index in [1.807, 2.05) is 0 Å². The fourth-order valence-corrected chi connectivity index (χ4v) is 0.880. The molecule has 0 amide bonds. The molecule has 1 aromatic carbocycles. The quantitative estimate of drug-likeness (QED) is 0.558. The van der Waals surface area contributed by atoms with Crippen molar-refractivity contribution in [1.82, 2.24) is 0 Å². The lowest BCUT2D eigenvalue weighted by atomic mass is 10.3. The predicted octanol–water partition coefficient (Wildman–Crippen LogP) is 3.14. The number of halogens is 2. The fourth-order valence-electron chi connectivity index (χ4n) is 0.483. The van der Waals surface area contributed by atoms with Crippen LogP contribution in [0.4, 0.5) is 0 Å². The van der Waals surface area contributed by atoms with E-state index in [-0.39, 0.29) is 15.8 Å². The van der Waals surface area contributed by atoms with Crippen molar-refractivity contribution in [2.45, 2.75) is 0 Å². The van der Waals surface area contributed by atoms with Crippen molar-refractivity contribution < 1.29 is 5.11 Å². The molecule has 0 aliphatic carbocycles. The summed E-state index contributed by atoms with van der Waals surface area (Å²) in [4.78, 5) is 0. The minimum Gasteiger partial charge on any atom is -0.287 e. The van der Waals surface area contributed by atoms with Gasteiger partial charge in [0.05, 0.1) is 10.0 Å². The molecule has 9 heavy (non-hydrogen) atoms. The van der Waals surface area contributed by atoms with Gasteiger partial charge in [0.1, 0.15) is 0 Å². The predicted molar refractivity (Wildman–Crippen MR) is 36.6 cm³/mol. The van der Waals surface area contributed by atoms with E-state index in [9.17, 15) is 5.11 Å². The minimum atomic E-state index is -0.305. The number of hydrogen-bond donors (Lipinski definition) is 0. The van der Waals surface area contributed by atoms with Gasteiger partial charge in [0.2, 0.25) is 5.75 Å². The summed E-state index contributed by atoms with van der Waals surface area (Å²) in [6, 6.07) is 4.65. The second kappa shape index (κ2) is 2.46. The van der Waals surface area contributed by atoms with Crippen molar-refractivity contribution in [2.24, 2.45) is 0 Å². The van der Waals surface area contributed by atoms with Gasteiger partial charge in [-0.05, 0) is 12.1 Å². The van der Waals surface area contributed by atoms with E-state index < -0.39 is 0 Å². The highest BCUT2D eigenvalue weighted by Crippen LogP contribution is 2.30. The number of rotatable bonds is 0. The molecule has 0 aromatic heterocycles. The van der Waals surface area contributed by atoms with E-state index in [1.54, 1.807) is 6.07 Å². The molecule has 0 N–H and O–H groups in total. The summed E-state index contributed by atoms with van der Waals surface area (Å²) in [5.41, 5.74) is 0. The molecule has 0 fully saturated rings. The van der Waals surface area contributed by atoms with E-state index in [0.29, 0.717) is 0 Å². The molecule has 1 aromatic rings. The van der Waals surface area contributed by atoms with Crippen LogP contribution in [0.1, 0.15) is 0 Å². The van der Waals surface area contributed by atoms with Crippen LogP contribution in [0.3, 0.4) is 0 Å². The fraction of sp³-hybridized carbons (Fsp3) is 0. The Labute approximate surface area is 62.8 Å². The topological polar surface area (TPSA) is 19.9 Å². The zero-order valence-corrected chi connectivity index (χ0v) is 5.91. The van der Waals surface area contributed by atoms with Gasteiger partial charge in [-0.2, -0.15) is 0 Å². The van der Waals surface area contributed by atoms with Gasteiger partial charge < -0.3 is 0 Å². The van der Waals surface area contributed by atoms with Crippen LogP contribution in [0.15, 0.2) is 18.2 Å². The van der Waals surface area contributed by atoms with Crippen LogP contribution in [-0.2, 0) is 5.11 Å². The summed E-state index contributed by atoms with van der Waals surface area (Å²) in [6.07, 6.45) is 0. The number of para-hydroxylation sites is 1. The highest BCUT2D eigenvalue weighted by atomic mass is 35.5. The number of hydrogen-bond acceptors (Lipinski definition) is 0. The Kier molecular flexibility index (Phi) is 1.84. The number of benzene rings is 1. The molecule has 0 aliphatic rings. The van der Waals surface area contributed by atoms with Gasteiger partial charge in [-0.15, -0.1) is 0 Å². The van der Waals surface area contributed by atoms with Crippen LogP contribution in [0.25, 0.3) is 0 Å². The van der Waals surface area contributed by atoms with Crippen LogP contribution in [-0.4, -0.2) is 0 Å². The lowest BCUT2D eigenvalue weighted by Crippen LogP contribution is -1.66. The molecule has 0 spiro atoms. The summed E-state index contributed by atoms with van der Waals surface area (Å²) >= 11 is 10.8. The molecule has 1 nitrogen and oxygen atoms in total. The Morgan fingerprint density at radius 3 is 1.89 bits per heavy atom. The van der Waals surface area contributed by atoms with Gasteiger partial charge in [-0.3, -0.25) is 5.11 Å². The Bertz CT molecular complexity index is 202. The largest absolute Gasteiger partial charge is 0.287 e. The maximum absolute atomic E-state index is 10.7. The molecule has 0 saturated carbocycles. The van der Waals surface area contributed by atoms with Gasteiger partial charge in [0, 0.05) is 0 Å². The molecule has 1 radical (unpaired) electrons. The van der Waals surface area contributed by atoms with Gasteiger partial charge in [0.15, 0.2) is 0 Å². The van der Waals surface area contributed by atoms with Crippen LogP contribution in [0.2, 0.25) is 10.0 Å². The maximum Gasteiger partial charge on any atom is 0.215 e. The Hall–Kier alpha value is -0.400. The summed E-state index contributed by atoms with van der Waals surface area (Å²) in [5.74, 6) is -0.305. The SMILES string of the molecule is [O]c1c(Cl)cccc1Cl. The first kappa shape index (κ1) is 6.72. The lowest BCUT2D eigenvalue weighted by Gasteiger charge is -1.91. The van der Waals surface area contributed by atoms with E-state index in [1.165, 1.54) is 12.1 Å². The second-order valence-corrected chi connectivity index (χ2v) is 2.37. The third-order valence-corrected chi connectivity index (χ3v) is 1.51. The van der Waals surface area contributed by atoms with Gasteiger partial charge >= 0.3 is 0 Å². The Balaban J connectivity index is 3.25. The van der Waals surface area contributed by atoms with Gasteiger partial charge in [-0.1, -0.05) is 29.3 Å². The van der Waals surface area contributed by atoms with Crippen LogP contribution in [0.5, 0.6) is 5.75 Å². The molecule has 1 rings (SSSR count). The van der Waals surface area contributed by atoms with Crippen molar-refractivity contribution >= 4 is 23.2 Å². The Morgan fingerprint density at radius 2 is 1.56 bits per heavy atom. The van der Waals surface area contributed by atoms with Crippen molar-refractivity contribution in [3.8, 4) is 5.75 Å². The highest BCUT2D eigenvalue weighted by Gasteiger charge is 2.02. The monoisotopic (exact) mass is 161 g/mol. The molecule has 47 valence electrons. The summed E-state index contributed by atoms with van der Waals surface area (Å²) in [7, 11) is 0. The first-order valence-electron chi connectivity index (χ1n) is 2.33. The van der Waals surface area contributed by atoms with Gasteiger partial charge in [0.25, 0.3) is 0 Å². The molecule has 0 aliphatic heterocycles. The van der Waals surface area contributed by atoms with Crippen LogP contribution < -0.4 is 0 Å². The van der Waals surface area contributed by atoms with E-state index in [0.717, 1.165) is 0 Å². The summed E-state index contributed by atoms with van der Waals surface area (Å²) in [5, 5.41) is 11.0. The molecule has 0 atom stereocenters. The van der Waals surface area contributed by atoms with Crippen LogP contribution in [0, 0.1) is 0 Å². The third kappa shape index (κ3) is 1.29. The molecular weight excluding hydrogens is 159 g/mol. The highest BCUT2D eigenvalue weighted by molar-refractivity contribution is 6.36. The van der Waals surface area contributed by atoms with Crippen molar-refractivity contribution in [3.63, 3.8) is 0 Å². The normalized spacial score (nSPS) is 9.56. The molecule has 0 unspecified atom stereocenters. The van der Waals surface area contributed by atoms with E-state index in [2.05, 4.69) is 0 Å². The first-order valence-corrected chi connectivity index (χ1v) is 3.08. The average molecular weight is 162 g/mol. The van der Waals surface area contributed by atoms with Crippen LogP contribution >= 0.6 is 23.2 Å². The smallest absolute Gasteiger partial charge is 0.215 e. The van der Waals surface area contributed by atoms with Crippen molar-refractivity contribution in [2.75, 3.05) is 0 Å². The third-order valence-electron chi connectivity index (χ3n) is 0.919. The van der Waals surface area contributed by atoms with E-state index in [4.69, 9.17) is 23.2 Å². The summed E-state index contributed by atoms with van der Waals surface area (Å²) < 4.78 is 0. The van der Waals surface area contributed by atoms with Gasteiger partial charge in [-0.25, -0.2) is 0 Å². The molecule has 3 heteroatoms. The minimum absolute atomic E-state index is 0.169. The van der Waals surface area contributed by atoms with E-state index >= 15 is 0 Å². The zero-order valence-electron chi connectivity index (χ0n) is 4.40. The molecular formula is C6H3Cl2O.